The highest BCUT2D eigenvalue weighted by molar-refractivity contribution is 9.10. The van der Waals surface area contributed by atoms with Crippen LogP contribution >= 0.6 is 15.9 Å². The lowest BCUT2D eigenvalue weighted by atomic mass is 10.2. The van der Waals surface area contributed by atoms with Crippen molar-refractivity contribution in [3.63, 3.8) is 0 Å². The third-order valence-electron chi connectivity index (χ3n) is 1.74. The van der Waals surface area contributed by atoms with Crippen LogP contribution in [0.5, 0.6) is 5.75 Å². The van der Waals surface area contributed by atoms with Crippen molar-refractivity contribution in [1.29, 1.82) is 0 Å². The van der Waals surface area contributed by atoms with Gasteiger partial charge in [-0.3, -0.25) is 0 Å². The molecule has 0 radical (unpaired) electrons. The Kier molecular flexibility index (Phi) is 4.08. The van der Waals surface area contributed by atoms with Gasteiger partial charge in [0.15, 0.2) is 11.6 Å². The highest BCUT2D eigenvalue weighted by atomic mass is 79.9. The van der Waals surface area contributed by atoms with E-state index in [9.17, 15) is 9.18 Å². The predicted molar refractivity (Wildman–Crippen MR) is 56.8 cm³/mol. The summed E-state index contributed by atoms with van der Waals surface area (Å²) in [7, 11) is 0. The molecule has 0 amide bonds. The van der Waals surface area contributed by atoms with Crippen LogP contribution < -0.4 is 4.74 Å². The third-order valence-corrected chi connectivity index (χ3v) is 2.51. The van der Waals surface area contributed by atoms with Crippen molar-refractivity contribution in [2.24, 2.45) is 0 Å². The van der Waals surface area contributed by atoms with Gasteiger partial charge >= 0.3 is 5.97 Å². The zero-order valence-corrected chi connectivity index (χ0v) is 9.67. The molecule has 0 heterocycles. The molecule has 0 saturated carbocycles. The summed E-state index contributed by atoms with van der Waals surface area (Å²) in [5, 5.41) is 8.72. The normalized spacial score (nSPS) is 10.1. The van der Waals surface area contributed by atoms with Crippen molar-refractivity contribution < 1.29 is 19.0 Å². The maximum atomic E-state index is 13.5. The Bertz CT molecular complexity index is 379. The van der Waals surface area contributed by atoms with Crippen molar-refractivity contribution in [3.05, 3.63) is 28.0 Å². The van der Waals surface area contributed by atoms with E-state index in [0.29, 0.717) is 6.61 Å². The Morgan fingerprint density at radius 3 is 2.80 bits per heavy atom. The first-order valence-electron chi connectivity index (χ1n) is 4.42. The molecule has 0 atom stereocenters. The molecule has 0 fully saturated rings. The van der Waals surface area contributed by atoms with Crippen molar-refractivity contribution in [2.45, 2.75) is 13.3 Å². The van der Waals surface area contributed by atoms with Gasteiger partial charge in [0.05, 0.1) is 16.6 Å². The molecular formula is C10H10BrFO3. The number of rotatable bonds is 4. The minimum atomic E-state index is -1.18. The first-order valence-corrected chi connectivity index (χ1v) is 5.21. The number of halogens is 2. The molecule has 82 valence electrons. The van der Waals surface area contributed by atoms with E-state index in [1.807, 2.05) is 6.92 Å². The quantitative estimate of drug-likeness (QED) is 0.919. The fraction of sp³-hybridized carbons (Fsp3) is 0.300. The summed E-state index contributed by atoms with van der Waals surface area (Å²) in [6.07, 6.45) is 0.762. The molecule has 1 N–H and O–H groups in total. The average Bonchev–Trinajstić information content (AvgIpc) is 2.20. The van der Waals surface area contributed by atoms with E-state index in [2.05, 4.69) is 15.9 Å². The number of ether oxygens (including phenoxy) is 1. The second kappa shape index (κ2) is 5.11. The molecule has 1 aromatic rings. The molecular weight excluding hydrogens is 267 g/mol. The second-order valence-electron chi connectivity index (χ2n) is 2.89. The Morgan fingerprint density at radius 2 is 2.27 bits per heavy atom. The van der Waals surface area contributed by atoms with Crippen LogP contribution in [0, 0.1) is 5.82 Å². The molecule has 1 aromatic carbocycles. The summed E-state index contributed by atoms with van der Waals surface area (Å²) in [6.45, 7) is 2.30. The fourth-order valence-electron chi connectivity index (χ4n) is 1.02. The highest BCUT2D eigenvalue weighted by Crippen LogP contribution is 2.28. The van der Waals surface area contributed by atoms with E-state index in [-0.39, 0.29) is 15.8 Å². The third kappa shape index (κ3) is 2.68. The van der Waals surface area contributed by atoms with E-state index in [1.54, 1.807) is 0 Å². The maximum absolute atomic E-state index is 13.5. The zero-order chi connectivity index (χ0) is 11.4. The van der Waals surface area contributed by atoms with Crippen molar-refractivity contribution in [3.8, 4) is 5.75 Å². The van der Waals surface area contributed by atoms with Gasteiger partial charge in [0, 0.05) is 0 Å². The van der Waals surface area contributed by atoms with Gasteiger partial charge in [0.1, 0.15) is 0 Å². The van der Waals surface area contributed by atoms with Crippen molar-refractivity contribution in [2.75, 3.05) is 6.61 Å². The molecule has 3 nitrogen and oxygen atoms in total. The van der Waals surface area contributed by atoms with Crippen LogP contribution in [0.4, 0.5) is 4.39 Å². The summed E-state index contributed by atoms with van der Waals surface area (Å²) in [6, 6.07) is 2.62. The minimum absolute atomic E-state index is 0.0636. The molecule has 15 heavy (non-hydrogen) atoms. The summed E-state index contributed by atoms with van der Waals surface area (Å²) in [5.41, 5.74) is -0.114. The molecule has 0 saturated heterocycles. The Balaban J connectivity index is 3.04. The summed E-state index contributed by atoms with van der Waals surface area (Å²) >= 11 is 2.89. The number of carboxylic acids is 1. The second-order valence-corrected chi connectivity index (χ2v) is 3.69. The smallest absolute Gasteiger partial charge is 0.336 e. The van der Waals surface area contributed by atoms with Gasteiger partial charge in [0.25, 0.3) is 0 Å². The summed E-state index contributed by atoms with van der Waals surface area (Å²) < 4.78 is 18.5. The topological polar surface area (TPSA) is 46.5 Å². The number of hydrogen-bond acceptors (Lipinski definition) is 2. The van der Waals surface area contributed by atoms with Crippen LogP contribution in [0.2, 0.25) is 0 Å². The number of hydrogen-bond donors (Lipinski definition) is 1. The summed E-state index contributed by atoms with van der Waals surface area (Å²) in [4.78, 5) is 10.7. The lowest BCUT2D eigenvalue weighted by Crippen LogP contribution is -2.03. The molecule has 0 aliphatic heterocycles. The number of carboxylic acid groups (broad SMARTS) is 1. The highest BCUT2D eigenvalue weighted by Gasteiger charge is 2.16. The monoisotopic (exact) mass is 276 g/mol. The SMILES string of the molecule is CCCOc1ccc(C(=O)O)c(Br)c1F. The van der Waals surface area contributed by atoms with E-state index >= 15 is 0 Å². The van der Waals surface area contributed by atoms with Crippen LogP contribution in [0.3, 0.4) is 0 Å². The van der Waals surface area contributed by atoms with E-state index in [0.717, 1.165) is 6.42 Å². The maximum Gasteiger partial charge on any atom is 0.336 e. The van der Waals surface area contributed by atoms with Crippen LogP contribution in [0.15, 0.2) is 16.6 Å². The van der Waals surface area contributed by atoms with Crippen molar-refractivity contribution in [1.82, 2.24) is 0 Å². The van der Waals surface area contributed by atoms with Gasteiger partial charge in [-0.25, -0.2) is 9.18 Å². The first kappa shape index (κ1) is 12.0. The lowest BCUT2D eigenvalue weighted by Gasteiger charge is -2.08. The van der Waals surface area contributed by atoms with Gasteiger partial charge in [-0.2, -0.15) is 0 Å². The van der Waals surface area contributed by atoms with Gasteiger partial charge in [-0.1, -0.05) is 6.92 Å². The summed E-state index contributed by atoms with van der Waals surface area (Å²) in [5.74, 6) is -1.79. The largest absolute Gasteiger partial charge is 0.490 e. The first-order chi connectivity index (χ1) is 7.07. The molecule has 1 rings (SSSR count). The lowest BCUT2D eigenvalue weighted by molar-refractivity contribution is 0.0695. The minimum Gasteiger partial charge on any atom is -0.490 e. The Hall–Kier alpha value is -1.10. The van der Waals surface area contributed by atoms with Gasteiger partial charge in [-0.15, -0.1) is 0 Å². The van der Waals surface area contributed by atoms with Gasteiger partial charge < -0.3 is 9.84 Å². The van der Waals surface area contributed by atoms with Gasteiger partial charge in [0.2, 0.25) is 0 Å². The molecule has 0 aliphatic carbocycles. The molecule has 0 aliphatic rings. The predicted octanol–water partition coefficient (Wildman–Crippen LogP) is 3.08. The number of carbonyl (C=O) groups is 1. The molecule has 0 aromatic heterocycles. The standard InChI is InChI=1S/C10H10BrFO3/c1-2-5-15-7-4-3-6(10(13)14)8(11)9(7)12/h3-4H,2,5H2,1H3,(H,13,14). The molecule has 5 heteroatoms. The molecule has 0 bridgehead atoms. The van der Waals surface area contributed by atoms with Crippen molar-refractivity contribution >= 4 is 21.9 Å². The van der Waals surface area contributed by atoms with Crippen LogP contribution in [0.25, 0.3) is 0 Å². The number of aromatic carboxylic acids is 1. The zero-order valence-electron chi connectivity index (χ0n) is 8.09. The van der Waals surface area contributed by atoms with Gasteiger partial charge in [-0.05, 0) is 34.5 Å². The fourth-order valence-corrected chi connectivity index (χ4v) is 1.52. The average molecular weight is 277 g/mol. The molecule has 0 unspecified atom stereocenters. The van der Waals surface area contributed by atoms with E-state index in [1.165, 1.54) is 12.1 Å². The van der Waals surface area contributed by atoms with Crippen LogP contribution in [-0.4, -0.2) is 17.7 Å². The van der Waals surface area contributed by atoms with E-state index < -0.39 is 11.8 Å². The van der Waals surface area contributed by atoms with E-state index in [4.69, 9.17) is 9.84 Å². The van der Waals surface area contributed by atoms with Crippen LogP contribution in [0.1, 0.15) is 23.7 Å². The van der Waals surface area contributed by atoms with Crippen LogP contribution in [-0.2, 0) is 0 Å². The molecule has 0 spiro atoms. The Morgan fingerprint density at radius 1 is 1.60 bits per heavy atom. The number of benzene rings is 1. The Labute approximate surface area is 95.0 Å².